The molecule has 0 aliphatic heterocycles. The van der Waals surface area contributed by atoms with Crippen LogP contribution in [-0.2, 0) is 11.2 Å². The van der Waals surface area contributed by atoms with Crippen LogP contribution in [-0.4, -0.2) is 23.9 Å². The van der Waals surface area contributed by atoms with E-state index in [1.807, 2.05) is 36.4 Å². The van der Waals surface area contributed by atoms with E-state index in [2.05, 4.69) is 24.1 Å². The summed E-state index contributed by atoms with van der Waals surface area (Å²) in [5.41, 5.74) is 2.18. The molecule has 1 aromatic heterocycles. The zero-order chi connectivity index (χ0) is 16.9. The van der Waals surface area contributed by atoms with Gasteiger partial charge in [-0.2, -0.15) is 0 Å². The number of carbonyl (C=O) groups excluding carboxylic acids is 1. The summed E-state index contributed by atoms with van der Waals surface area (Å²) in [7, 11) is 0. The highest BCUT2D eigenvalue weighted by Crippen LogP contribution is 2.31. The fraction of sp³-hybridized carbons (Fsp3) is 0.450. The van der Waals surface area contributed by atoms with Crippen molar-refractivity contribution in [3.8, 4) is 0 Å². The lowest BCUT2D eigenvalue weighted by Crippen LogP contribution is -2.42. The standard InChI is InChI=1S/C20H26N2O2/c1-3-22(4-2)19(15-9-6-5-7-10-15)20(23)21-17-11-8-12-18-16(17)13-14-24-18/h5-7,9-10,13-14,17,19H,3-4,8,11-12H2,1-2H3,(H,21,23)/t17-,19-/m1/s1. The van der Waals surface area contributed by atoms with E-state index in [1.54, 1.807) is 6.26 Å². The molecule has 128 valence electrons. The molecule has 1 heterocycles. The molecule has 0 radical (unpaired) electrons. The van der Waals surface area contributed by atoms with E-state index in [9.17, 15) is 4.79 Å². The highest BCUT2D eigenvalue weighted by Gasteiger charge is 2.30. The normalized spacial score (nSPS) is 18.2. The van der Waals surface area contributed by atoms with Gasteiger partial charge in [0.2, 0.25) is 5.91 Å². The maximum Gasteiger partial charge on any atom is 0.242 e. The summed E-state index contributed by atoms with van der Waals surface area (Å²) >= 11 is 0. The van der Waals surface area contributed by atoms with Crippen LogP contribution in [0.2, 0.25) is 0 Å². The lowest BCUT2D eigenvalue weighted by Gasteiger charge is -2.31. The molecule has 3 rings (SSSR count). The Morgan fingerprint density at radius 3 is 2.71 bits per heavy atom. The van der Waals surface area contributed by atoms with Crippen molar-refractivity contribution in [2.45, 2.75) is 45.2 Å². The Morgan fingerprint density at radius 2 is 2.00 bits per heavy atom. The monoisotopic (exact) mass is 326 g/mol. The molecule has 0 spiro atoms. The number of likely N-dealkylation sites (N-methyl/N-ethyl adjacent to an activating group) is 1. The van der Waals surface area contributed by atoms with Gasteiger partial charge in [0.25, 0.3) is 0 Å². The van der Waals surface area contributed by atoms with Crippen LogP contribution in [0.1, 0.15) is 55.7 Å². The van der Waals surface area contributed by atoms with Gasteiger partial charge < -0.3 is 9.73 Å². The molecule has 4 heteroatoms. The third kappa shape index (κ3) is 3.39. The van der Waals surface area contributed by atoms with Gasteiger partial charge in [0.1, 0.15) is 11.8 Å². The Kier molecular flexibility index (Phi) is 5.36. The van der Waals surface area contributed by atoms with E-state index in [-0.39, 0.29) is 18.0 Å². The van der Waals surface area contributed by atoms with Crippen molar-refractivity contribution in [1.29, 1.82) is 0 Å². The molecule has 1 N–H and O–H groups in total. The van der Waals surface area contributed by atoms with Gasteiger partial charge in [-0.1, -0.05) is 44.2 Å². The molecule has 1 aromatic carbocycles. The predicted octanol–water partition coefficient (Wildman–Crippen LogP) is 3.86. The van der Waals surface area contributed by atoms with Crippen molar-refractivity contribution in [2.75, 3.05) is 13.1 Å². The van der Waals surface area contributed by atoms with Crippen molar-refractivity contribution in [2.24, 2.45) is 0 Å². The highest BCUT2D eigenvalue weighted by molar-refractivity contribution is 5.83. The van der Waals surface area contributed by atoms with Crippen LogP contribution in [0.25, 0.3) is 0 Å². The van der Waals surface area contributed by atoms with E-state index < -0.39 is 0 Å². The molecule has 0 bridgehead atoms. The number of carbonyl (C=O) groups is 1. The zero-order valence-electron chi connectivity index (χ0n) is 14.5. The number of hydrogen-bond acceptors (Lipinski definition) is 3. The SMILES string of the molecule is CCN(CC)[C@@H](C(=O)N[C@@H]1CCCc2occc21)c1ccccc1. The average Bonchev–Trinajstić information content (AvgIpc) is 3.10. The molecule has 1 amide bonds. The van der Waals surface area contributed by atoms with Crippen molar-refractivity contribution < 1.29 is 9.21 Å². The molecule has 0 saturated carbocycles. The molecule has 1 aliphatic carbocycles. The molecule has 0 fully saturated rings. The van der Waals surface area contributed by atoms with E-state index in [1.165, 1.54) is 0 Å². The topological polar surface area (TPSA) is 45.5 Å². The second-order valence-corrected chi connectivity index (χ2v) is 6.29. The third-order valence-corrected chi connectivity index (χ3v) is 4.91. The average molecular weight is 326 g/mol. The zero-order valence-corrected chi connectivity index (χ0v) is 14.5. The summed E-state index contributed by atoms with van der Waals surface area (Å²) in [4.78, 5) is 15.3. The first-order chi connectivity index (χ1) is 11.7. The number of nitrogens with zero attached hydrogens (tertiary/aromatic N) is 1. The Balaban J connectivity index is 1.82. The number of nitrogens with one attached hydrogen (secondary N) is 1. The summed E-state index contributed by atoms with van der Waals surface area (Å²) < 4.78 is 5.54. The molecule has 0 unspecified atom stereocenters. The van der Waals surface area contributed by atoms with E-state index in [0.717, 1.165) is 49.2 Å². The Labute approximate surface area is 143 Å². The number of aryl methyl sites for hydroxylation is 1. The first kappa shape index (κ1) is 16.8. The van der Waals surface area contributed by atoms with Gasteiger partial charge in [0.15, 0.2) is 0 Å². The summed E-state index contributed by atoms with van der Waals surface area (Å²) in [6.45, 7) is 5.87. The molecule has 24 heavy (non-hydrogen) atoms. The predicted molar refractivity (Wildman–Crippen MR) is 94.6 cm³/mol. The quantitative estimate of drug-likeness (QED) is 0.877. The lowest BCUT2D eigenvalue weighted by atomic mass is 9.92. The Morgan fingerprint density at radius 1 is 1.25 bits per heavy atom. The Hall–Kier alpha value is -2.07. The van der Waals surface area contributed by atoms with Gasteiger partial charge >= 0.3 is 0 Å². The van der Waals surface area contributed by atoms with Crippen molar-refractivity contribution >= 4 is 5.91 Å². The van der Waals surface area contributed by atoms with Crippen LogP contribution >= 0.6 is 0 Å². The molecule has 0 saturated heterocycles. The minimum absolute atomic E-state index is 0.0572. The van der Waals surface area contributed by atoms with Gasteiger partial charge in [-0.25, -0.2) is 0 Å². The van der Waals surface area contributed by atoms with Crippen molar-refractivity contribution in [3.05, 3.63) is 59.5 Å². The van der Waals surface area contributed by atoms with Gasteiger partial charge in [-0.05, 0) is 37.6 Å². The van der Waals surface area contributed by atoms with E-state index >= 15 is 0 Å². The number of benzene rings is 1. The molecular formula is C20H26N2O2. The first-order valence-electron chi connectivity index (χ1n) is 8.90. The van der Waals surface area contributed by atoms with Gasteiger partial charge in [-0.15, -0.1) is 0 Å². The van der Waals surface area contributed by atoms with Crippen LogP contribution in [0.4, 0.5) is 0 Å². The van der Waals surface area contributed by atoms with Crippen LogP contribution in [0.5, 0.6) is 0 Å². The van der Waals surface area contributed by atoms with E-state index in [0.29, 0.717) is 0 Å². The number of furan rings is 1. The summed E-state index contributed by atoms with van der Waals surface area (Å²) in [6, 6.07) is 11.8. The fourth-order valence-electron chi connectivity index (χ4n) is 3.64. The maximum absolute atomic E-state index is 13.1. The number of fused-ring (bicyclic) bond motifs is 1. The minimum atomic E-state index is -0.251. The molecule has 4 nitrogen and oxygen atoms in total. The summed E-state index contributed by atoms with van der Waals surface area (Å²) in [6.07, 6.45) is 4.71. The van der Waals surface area contributed by atoms with Gasteiger partial charge in [0.05, 0.1) is 12.3 Å². The Bertz CT molecular complexity index is 661. The summed E-state index contributed by atoms with van der Waals surface area (Å²) in [5, 5.41) is 3.27. The van der Waals surface area contributed by atoms with E-state index in [4.69, 9.17) is 4.42 Å². The van der Waals surface area contributed by atoms with Crippen molar-refractivity contribution in [3.63, 3.8) is 0 Å². The van der Waals surface area contributed by atoms with Crippen LogP contribution in [0.3, 0.4) is 0 Å². The lowest BCUT2D eigenvalue weighted by molar-refractivity contribution is -0.127. The second-order valence-electron chi connectivity index (χ2n) is 6.29. The molecule has 1 aliphatic rings. The van der Waals surface area contributed by atoms with Gasteiger partial charge in [0, 0.05) is 12.0 Å². The smallest absolute Gasteiger partial charge is 0.242 e. The maximum atomic E-state index is 13.1. The van der Waals surface area contributed by atoms with Crippen LogP contribution < -0.4 is 5.32 Å². The largest absolute Gasteiger partial charge is 0.469 e. The summed E-state index contributed by atoms with van der Waals surface area (Å²) in [5.74, 6) is 1.09. The molecule has 2 aromatic rings. The van der Waals surface area contributed by atoms with Crippen molar-refractivity contribution in [1.82, 2.24) is 10.2 Å². The number of rotatable bonds is 6. The minimum Gasteiger partial charge on any atom is -0.469 e. The number of amides is 1. The fourth-order valence-corrected chi connectivity index (χ4v) is 3.64. The van der Waals surface area contributed by atoms with Crippen LogP contribution in [0.15, 0.2) is 47.1 Å². The first-order valence-corrected chi connectivity index (χ1v) is 8.90. The second kappa shape index (κ2) is 7.67. The molecule has 2 atom stereocenters. The highest BCUT2D eigenvalue weighted by atomic mass is 16.3. The van der Waals surface area contributed by atoms with Crippen LogP contribution in [0, 0.1) is 0 Å². The third-order valence-electron chi connectivity index (χ3n) is 4.91. The molecular weight excluding hydrogens is 300 g/mol. The van der Waals surface area contributed by atoms with Gasteiger partial charge in [-0.3, -0.25) is 9.69 Å². The number of hydrogen-bond donors (Lipinski definition) is 1.